The summed E-state index contributed by atoms with van der Waals surface area (Å²) in [6.07, 6.45) is 2.16. The number of carbonyl (C=O) groups is 3. The number of hydrazone groups is 1. The molecule has 0 heterocycles. The lowest BCUT2D eigenvalue weighted by atomic mass is 10.1. The largest absolute Gasteiger partial charge is 0.483 e. The lowest BCUT2D eigenvalue weighted by Gasteiger charge is -2.10. The molecule has 0 unspecified atom stereocenters. The summed E-state index contributed by atoms with van der Waals surface area (Å²) < 4.78 is 5.60. The molecule has 35 heavy (non-hydrogen) atoms. The van der Waals surface area contributed by atoms with Crippen molar-refractivity contribution in [1.82, 2.24) is 5.43 Å². The number of para-hydroxylation sites is 1. The number of rotatable bonds is 8. The number of amides is 3. The van der Waals surface area contributed by atoms with E-state index in [1.165, 1.54) is 12.3 Å². The maximum atomic E-state index is 12.3. The summed E-state index contributed by atoms with van der Waals surface area (Å²) in [5, 5.41) is 9.61. The Morgan fingerprint density at radius 2 is 1.69 bits per heavy atom. The fraction of sp³-hybridized carbons (Fsp3) is 0.120. The smallest absolute Gasteiger partial charge is 0.329 e. The number of hydrogen-bond acceptors (Lipinski definition) is 5. The first-order valence-electron chi connectivity index (χ1n) is 10.6. The molecular formula is C25H22Cl2N4O4. The van der Waals surface area contributed by atoms with Gasteiger partial charge in [-0.05, 0) is 54.4 Å². The summed E-state index contributed by atoms with van der Waals surface area (Å²) in [7, 11) is 0. The van der Waals surface area contributed by atoms with Gasteiger partial charge in [0.25, 0.3) is 5.91 Å². The fourth-order valence-electron chi connectivity index (χ4n) is 2.87. The Hall–Kier alpha value is -3.88. The third-order valence-corrected chi connectivity index (χ3v) is 5.24. The van der Waals surface area contributed by atoms with Gasteiger partial charge in [-0.3, -0.25) is 14.4 Å². The van der Waals surface area contributed by atoms with Crippen molar-refractivity contribution in [3.05, 3.63) is 87.9 Å². The van der Waals surface area contributed by atoms with Crippen LogP contribution >= 0.6 is 23.2 Å². The van der Waals surface area contributed by atoms with E-state index in [-0.39, 0.29) is 12.5 Å². The van der Waals surface area contributed by atoms with Crippen LogP contribution < -0.4 is 20.8 Å². The van der Waals surface area contributed by atoms with Gasteiger partial charge < -0.3 is 15.4 Å². The fourth-order valence-corrected chi connectivity index (χ4v) is 3.23. The molecule has 3 N–H and O–H groups in total. The Bertz CT molecular complexity index is 1250. The van der Waals surface area contributed by atoms with Gasteiger partial charge in [-0.25, -0.2) is 5.43 Å². The topological polar surface area (TPSA) is 109 Å². The lowest BCUT2D eigenvalue weighted by molar-refractivity contribution is -0.136. The molecule has 3 amide bonds. The molecule has 0 spiro atoms. The predicted octanol–water partition coefficient (Wildman–Crippen LogP) is 4.66. The van der Waals surface area contributed by atoms with Crippen LogP contribution in [0.2, 0.25) is 10.0 Å². The number of halogens is 2. The van der Waals surface area contributed by atoms with Crippen LogP contribution in [-0.2, 0) is 20.8 Å². The van der Waals surface area contributed by atoms with Crippen LogP contribution in [0.15, 0.2) is 71.8 Å². The first-order chi connectivity index (χ1) is 16.9. The van der Waals surface area contributed by atoms with E-state index in [0.29, 0.717) is 32.7 Å². The number of nitrogens with zero attached hydrogens (tertiary/aromatic N) is 1. The number of anilines is 2. The molecule has 3 rings (SSSR count). The number of aryl methyl sites for hydroxylation is 1. The normalized spacial score (nSPS) is 10.6. The highest BCUT2D eigenvalue weighted by Crippen LogP contribution is 2.22. The number of carbonyl (C=O) groups excluding carboxylic acids is 3. The summed E-state index contributed by atoms with van der Waals surface area (Å²) in [5.41, 5.74) is 4.63. The quantitative estimate of drug-likeness (QED) is 0.231. The molecule has 0 aliphatic carbocycles. The Morgan fingerprint density at radius 1 is 0.943 bits per heavy atom. The molecule has 0 atom stereocenters. The zero-order valence-corrected chi connectivity index (χ0v) is 20.2. The number of hydrogen-bond donors (Lipinski definition) is 3. The van der Waals surface area contributed by atoms with Crippen molar-refractivity contribution in [2.24, 2.45) is 5.10 Å². The second-order valence-electron chi connectivity index (χ2n) is 7.20. The van der Waals surface area contributed by atoms with Crippen LogP contribution in [0.3, 0.4) is 0 Å². The molecule has 0 aliphatic heterocycles. The number of nitrogens with one attached hydrogen (secondary N) is 3. The van der Waals surface area contributed by atoms with E-state index in [4.69, 9.17) is 27.9 Å². The Labute approximate surface area is 212 Å². The van der Waals surface area contributed by atoms with E-state index in [9.17, 15) is 14.4 Å². The molecule has 3 aromatic rings. The highest BCUT2D eigenvalue weighted by molar-refractivity contribution is 6.41. The van der Waals surface area contributed by atoms with Gasteiger partial charge in [-0.1, -0.05) is 54.4 Å². The van der Waals surface area contributed by atoms with Crippen molar-refractivity contribution >= 4 is 58.5 Å². The average molecular weight is 513 g/mol. The SMILES string of the molecule is CCc1ccc(NC(=O)COc2ccc(Cl)cc2/C=N\NC(=O)C(=O)Nc2ccccc2Cl)cc1. The van der Waals surface area contributed by atoms with Crippen molar-refractivity contribution in [2.45, 2.75) is 13.3 Å². The lowest BCUT2D eigenvalue weighted by Crippen LogP contribution is -2.32. The van der Waals surface area contributed by atoms with Crippen molar-refractivity contribution in [3.8, 4) is 5.75 Å². The Kier molecular flexibility index (Phi) is 9.23. The van der Waals surface area contributed by atoms with Crippen molar-refractivity contribution in [1.29, 1.82) is 0 Å². The minimum Gasteiger partial charge on any atom is -0.483 e. The van der Waals surface area contributed by atoms with Gasteiger partial charge in [0.05, 0.1) is 16.9 Å². The van der Waals surface area contributed by atoms with Gasteiger partial charge >= 0.3 is 11.8 Å². The van der Waals surface area contributed by atoms with Crippen LogP contribution in [0.1, 0.15) is 18.1 Å². The van der Waals surface area contributed by atoms with Crippen LogP contribution in [0.25, 0.3) is 0 Å². The second kappa shape index (κ2) is 12.5. The van der Waals surface area contributed by atoms with E-state index in [1.807, 2.05) is 24.3 Å². The Morgan fingerprint density at radius 3 is 2.40 bits per heavy atom. The molecule has 0 radical (unpaired) electrons. The summed E-state index contributed by atoms with van der Waals surface area (Å²) in [4.78, 5) is 36.3. The standard InChI is InChI=1S/C25H22Cl2N4O4/c1-2-16-7-10-19(11-8-16)29-23(32)15-35-22-12-9-18(26)13-17(22)14-28-31-25(34)24(33)30-21-6-4-3-5-20(21)27/h3-14H,2,15H2,1H3,(H,29,32)(H,30,33)(H,31,34)/b28-14-. The predicted molar refractivity (Wildman–Crippen MR) is 137 cm³/mol. The minimum atomic E-state index is -1.00. The van der Waals surface area contributed by atoms with Gasteiger partial charge in [0.1, 0.15) is 5.75 Å². The molecule has 10 heteroatoms. The Balaban J connectivity index is 1.57. The molecule has 0 aliphatic rings. The minimum absolute atomic E-state index is 0.259. The van der Waals surface area contributed by atoms with Gasteiger partial charge in [0.15, 0.2) is 6.61 Å². The maximum Gasteiger partial charge on any atom is 0.329 e. The van der Waals surface area contributed by atoms with E-state index in [2.05, 4.69) is 28.1 Å². The third kappa shape index (κ3) is 7.84. The molecule has 180 valence electrons. The molecule has 0 saturated heterocycles. The van der Waals surface area contributed by atoms with Gasteiger partial charge in [0.2, 0.25) is 0 Å². The van der Waals surface area contributed by atoms with Gasteiger partial charge in [-0.15, -0.1) is 0 Å². The molecule has 0 aromatic heterocycles. The monoisotopic (exact) mass is 512 g/mol. The van der Waals surface area contributed by atoms with Crippen molar-refractivity contribution < 1.29 is 19.1 Å². The summed E-state index contributed by atoms with van der Waals surface area (Å²) in [6, 6.07) is 18.7. The van der Waals surface area contributed by atoms with Gasteiger partial charge in [-0.2, -0.15) is 5.10 Å². The molecule has 0 bridgehead atoms. The summed E-state index contributed by atoms with van der Waals surface area (Å²) in [6.45, 7) is 1.79. The van der Waals surface area contributed by atoms with Crippen LogP contribution in [-0.4, -0.2) is 30.5 Å². The van der Waals surface area contributed by atoms with Gasteiger partial charge in [0, 0.05) is 16.3 Å². The van der Waals surface area contributed by atoms with Crippen molar-refractivity contribution in [2.75, 3.05) is 17.2 Å². The van der Waals surface area contributed by atoms with Crippen molar-refractivity contribution in [3.63, 3.8) is 0 Å². The van der Waals surface area contributed by atoms with E-state index < -0.39 is 11.8 Å². The van der Waals surface area contributed by atoms with Crippen LogP contribution in [0.5, 0.6) is 5.75 Å². The highest BCUT2D eigenvalue weighted by Gasteiger charge is 2.14. The number of benzene rings is 3. The van der Waals surface area contributed by atoms with E-state index in [0.717, 1.165) is 12.0 Å². The first-order valence-corrected chi connectivity index (χ1v) is 11.3. The first kappa shape index (κ1) is 25.7. The average Bonchev–Trinajstić information content (AvgIpc) is 2.85. The molecule has 8 nitrogen and oxygen atoms in total. The van der Waals surface area contributed by atoms with Crippen LogP contribution in [0, 0.1) is 0 Å². The van der Waals surface area contributed by atoms with E-state index >= 15 is 0 Å². The molecule has 0 saturated carbocycles. The maximum absolute atomic E-state index is 12.3. The zero-order valence-electron chi connectivity index (χ0n) is 18.7. The number of ether oxygens (including phenoxy) is 1. The summed E-state index contributed by atoms with van der Waals surface area (Å²) in [5.74, 6) is -1.98. The zero-order chi connectivity index (χ0) is 25.2. The third-order valence-electron chi connectivity index (χ3n) is 4.67. The molecule has 0 fully saturated rings. The highest BCUT2D eigenvalue weighted by atomic mass is 35.5. The van der Waals surface area contributed by atoms with E-state index in [1.54, 1.807) is 36.4 Å². The molecular weight excluding hydrogens is 491 g/mol. The van der Waals surface area contributed by atoms with Crippen LogP contribution in [0.4, 0.5) is 11.4 Å². The molecule has 3 aromatic carbocycles. The second-order valence-corrected chi connectivity index (χ2v) is 8.05. The summed E-state index contributed by atoms with van der Waals surface area (Å²) >= 11 is 12.0.